The van der Waals surface area contributed by atoms with Gasteiger partial charge in [0.15, 0.2) is 0 Å². The lowest BCUT2D eigenvalue weighted by atomic mass is 10.0. The van der Waals surface area contributed by atoms with E-state index in [9.17, 15) is 18.4 Å². The maximum Gasteiger partial charge on any atom is 0.353 e. The van der Waals surface area contributed by atoms with E-state index in [4.69, 9.17) is 4.74 Å². The number of esters is 1. The number of ether oxygens (including phenoxy) is 1. The number of rotatable bonds is 1. The molecule has 0 saturated heterocycles. The van der Waals surface area contributed by atoms with Gasteiger partial charge in [-0.05, 0) is 38.5 Å². The zero-order chi connectivity index (χ0) is 14.4. The number of carbonyl (C=O) groups excluding carboxylic acids is 2. The molecule has 0 unspecified atom stereocenters. The molecule has 0 fully saturated rings. The predicted molar refractivity (Wildman–Crippen MR) is 64.1 cm³/mol. The summed E-state index contributed by atoms with van der Waals surface area (Å²) >= 11 is 0. The first-order valence-electron chi connectivity index (χ1n) is 5.89. The molecule has 0 heterocycles. The van der Waals surface area contributed by atoms with Crippen LogP contribution in [-0.4, -0.2) is 23.0 Å². The van der Waals surface area contributed by atoms with Gasteiger partial charge in [-0.15, -0.1) is 0 Å². The molecule has 19 heavy (non-hydrogen) atoms. The molecule has 2 rings (SSSR count). The standard InChI is InChI=1S/C14H14F2O3/c1-13(2,3)19-12(18)14(16)7-8-4-5-9(15)6-10(8)11(14)17/h4-6H,7H2,1-3H3/t14-/m1/s1. The van der Waals surface area contributed by atoms with Gasteiger partial charge < -0.3 is 4.74 Å². The molecule has 0 N–H and O–H groups in total. The lowest BCUT2D eigenvalue weighted by Crippen LogP contribution is -2.44. The lowest BCUT2D eigenvalue weighted by Gasteiger charge is -2.24. The number of halogens is 2. The monoisotopic (exact) mass is 268 g/mol. The van der Waals surface area contributed by atoms with Crippen LogP contribution in [0.5, 0.6) is 0 Å². The van der Waals surface area contributed by atoms with Crippen LogP contribution in [0.1, 0.15) is 36.7 Å². The SMILES string of the molecule is CC(C)(C)OC(=O)[C@@]1(F)Cc2ccc(F)cc2C1=O. The first-order chi connectivity index (χ1) is 8.63. The number of alkyl halides is 1. The van der Waals surface area contributed by atoms with E-state index in [2.05, 4.69) is 0 Å². The number of hydrogen-bond acceptors (Lipinski definition) is 3. The second kappa shape index (κ2) is 4.11. The molecule has 0 spiro atoms. The number of fused-ring (bicyclic) bond motifs is 1. The number of Topliss-reactive ketones (excluding diaryl/α,β-unsaturated/α-hetero) is 1. The van der Waals surface area contributed by atoms with Gasteiger partial charge in [-0.2, -0.15) is 0 Å². The Morgan fingerprint density at radius 1 is 1.37 bits per heavy atom. The molecule has 0 aliphatic heterocycles. The minimum absolute atomic E-state index is 0.0895. The van der Waals surface area contributed by atoms with E-state index in [0.717, 1.165) is 12.1 Å². The average molecular weight is 268 g/mol. The molecule has 1 aromatic rings. The van der Waals surface area contributed by atoms with E-state index >= 15 is 0 Å². The third-order valence-corrected chi connectivity index (χ3v) is 2.83. The van der Waals surface area contributed by atoms with Crippen molar-refractivity contribution in [1.82, 2.24) is 0 Å². The third-order valence-electron chi connectivity index (χ3n) is 2.83. The zero-order valence-corrected chi connectivity index (χ0v) is 10.9. The highest BCUT2D eigenvalue weighted by Crippen LogP contribution is 2.35. The molecule has 1 atom stereocenters. The van der Waals surface area contributed by atoms with Gasteiger partial charge in [0.2, 0.25) is 5.78 Å². The molecule has 1 aliphatic rings. The van der Waals surface area contributed by atoms with Crippen molar-refractivity contribution in [3.05, 3.63) is 35.1 Å². The van der Waals surface area contributed by atoms with Gasteiger partial charge >= 0.3 is 5.97 Å². The van der Waals surface area contributed by atoms with Crippen LogP contribution in [-0.2, 0) is 16.0 Å². The largest absolute Gasteiger partial charge is 0.457 e. The summed E-state index contributed by atoms with van der Waals surface area (Å²) in [5.41, 5.74) is -3.41. The molecule has 0 amide bonds. The first-order valence-corrected chi connectivity index (χ1v) is 5.89. The van der Waals surface area contributed by atoms with E-state index in [1.165, 1.54) is 6.07 Å². The maximum absolute atomic E-state index is 14.6. The van der Waals surface area contributed by atoms with Crippen molar-refractivity contribution in [3.63, 3.8) is 0 Å². The minimum Gasteiger partial charge on any atom is -0.457 e. The Bertz CT molecular complexity index is 560. The van der Waals surface area contributed by atoms with Crippen LogP contribution in [0.25, 0.3) is 0 Å². The zero-order valence-electron chi connectivity index (χ0n) is 10.9. The van der Waals surface area contributed by atoms with Crippen LogP contribution in [0.3, 0.4) is 0 Å². The summed E-state index contributed by atoms with van der Waals surface area (Å²) in [4.78, 5) is 23.8. The van der Waals surface area contributed by atoms with Crippen molar-refractivity contribution in [2.75, 3.05) is 0 Å². The van der Waals surface area contributed by atoms with Crippen molar-refractivity contribution in [1.29, 1.82) is 0 Å². The highest BCUT2D eigenvalue weighted by Gasteiger charge is 2.54. The fourth-order valence-electron chi connectivity index (χ4n) is 1.99. The molecule has 0 radical (unpaired) electrons. The Balaban J connectivity index is 2.34. The molecule has 1 aliphatic carbocycles. The Morgan fingerprint density at radius 2 is 2.00 bits per heavy atom. The third kappa shape index (κ3) is 2.37. The summed E-state index contributed by atoms with van der Waals surface area (Å²) in [7, 11) is 0. The number of benzene rings is 1. The smallest absolute Gasteiger partial charge is 0.353 e. The second-order valence-corrected chi connectivity index (χ2v) is 5.61. The molecule has 0 aromatic heterocycles. The van der Waals surface area contributed by atoms with Gasteiger partial charge in [0.25, 0.3) is 5.67 Å². The number of carbonyl (C=O) groups is 2. The van der Waals surface area contributed by atoms with Crippen LogP contribution in [0.15, 0.2) is 18.2 Å². The molecule has 102 valence electrons. The van der Waals surface area contributed by atoms with Crippen LogP contribution in [0.4, 0.5) is 8.78 Å². The molecule has 0 saturated carbocycles. The van der Waals surface area contributed by atoms with Gasteiger partial charge in [0.05, 0.1) is 0 Å². The van der Waals surface area contributed by atoms with Crippen LogP contribution < -0.4 is 0 Å². The van der Waals surface area contributed by atoms with Crippen molar-refractivity contribution < 1.29 is 23.1 Å². The summed E-state index contributed by atoms with van der Waals surface area (Å²) in [5.74, 6) is -2.89. The normalized spacial score (nSPS) is 22.3. The summed E-state index contributed by atoms with van der Waals surface area (Å²) in [6, 6.07) is 3.39. The van der Waals surface area contributed by atoms with E-state index in [1.807, 2.05) is 0 Å². The fraction of sp³-hybridized carbons (Fsp3) is 0.429. The molecular formula is C14H14F2O3. The first kappa shape index (κ1) is 13.6. The van der Waals surface area contributed by atoms with E-state index < -0.39 is 35.3 Å². The molecular weight excluding hydrogens is 254 g/mol. The van der Waals surface area contributed by atoms with Crippen molar-refractivity contribution in [2.45, 2.75) is 38.5 Å². The summed E-state index contributed by atoms with van der Waals surface area (Å²) in [5, 5.41) is 0. The van der Waals surface area contributed by atoms with Gasteiger partial charge in [0.1, 0.15) is 11.4 Å². The van der Waals surface area contributed by atoms with E-state index in [0.29, 0.717) is 5.56 Å². The summed E-state index contributed by atoms with van der Waals surface area (Å²) in [6.07, 6.45) is -0.406. The summed E-state index contributed by atoms with van der Waals surface area (Å²) < 4.78 is 32.6. The van der Waals surface area contributed by atoms with Crippen LogP contribution in [0.2, 0.25) is 0 Å². The van der Waals surface area contributed by atoms with Gasteiger partial charge in [-0.1, -0.05) is 6.07 Å². The second-order valence-electron chi connectivity index (χ2n) is 5.61. The van der Waals surface area contributed by atoms with Gasteiger partial charge in [-0.25, -0.2) is 13.6 Å². The predicted octanol–water partition coefficient (Wildman–Crippen LogP) is 2.61. The molecule has 1 aromatic carbocycles. The fourth-order valence-corrected chi connectivity index (χ4v) is 1.99. The highest BCUT2D eigenvalue weighted by atomic mass is 19.1. The van der Waals surface area contributed by atoms with Crippen LogP contribution >= 0.6 is 0 Å². The Morgan fingerprint density at radius 3 is 2.58 bits per heavy atom. The molecule has 5 heteroatoms. The topological polar surface area (TPSA) is 43.4 Å². The Kier molecular flexibility index (Phi) is 2.96. The van der Waals surface area contributed by atoms with E-state index in [-0.39, 0.29) is 5.56 Å². The molecule has 3 nitrogen and oxygen atoms in total. The summed E-state index contributed by atoms with van der Waals surface area (Å²) in [6.45, 7) is 4.75. The Labute approximate surface area is 109 Å². The minimum atomic E-state index is -2.75. The van der Waals surface area contributed by atoms with Crippen molar-refractivity contribution >= 4 is 11.8 Å². The Hall–Kier alpha value is -1.78. The van der Waals surface area contributed by atoms with Gasteiger partial charge in [0, 0.05) is 12.0 Å². The number of ketones is 1. The quantitative estimate of drug-likeness (QED) is 0.581. The van der Waals surface area contributed by atoms with Crippen LogP contribution in [0, 0.1) is 5.82 Å². The molecule has 0 bridgehead atoms. The number of hydrogen-bond donors (Lipinski definition) is 0. The van der Waals surface area contributed by atoms with E-state index in [1.54, 1.807) is 20.8 Å². The average Bonchev–Trinajstić information content (AvgIpc) is 2.51. The van der Waals surface area contributed by atoms with Crippen molar-refractivity contribution in [3.8, 4) is 0 Å². The highest BCUT2D eigenvalue weighted by molar-refractivity contribution is 6.18. The van der Waals surface area contributed by atoms with Gasteiger partial charge in [-0.3, -0.25) is 4.79 Å². The van der Waals surface area contributed by atoms with Crippen molar-refractivity contribution in [2.24, 2.45) is 0 Å². The maximum atomic E-state index is 14.6. The lowest BCUT2D eigenvalue weighted by molar-refractivity contribution is -0.165.